The molecule has 1 aliphatic heterocycles. The highest BCUT2D eigenvalue weighted by Crippen LogP contribution is 2.36. The van der Waals surface area contributed by atoms with Gasteiger partial charge in [0.1, 0.15) is 12.3 Å². The first-order valence-electron chi connectivity index (χ1n) is 4.72. The van der Waals surface area contributed by atoms with Crippen LogP contribution >= 0.6 is 11.6 Å². The fourth-order valence-electron chi connectivity index (χ4n) is 1.66. The Hall–Kier alpha value is -1.18. The fourth-order valence-corrected chi connectivity index (χ4v) is 2.05. The third-order valence-corrected chi connectivity index (χ3v) is 2.81. The number of aliphatic hydroxyl groups excluding tert-OH is 1. The Bertz CT molecular complexity index is 396. The number of aliphatic hydroxyl groups is 1. The zero-order valence-electron chi connectivity index (χ0n) is 8.17. The van der Waals surface area contributed by atoms with Crippen molar-refractivity contribution < 1.29 is 14.8 Å². The molecular formula is C8H10ClN3O4. The Morgan fingerprint density at radius 1 is 1.81 bits per heavy atom. The van der Waals surface area contributed by atoms with Crippen molar-refractivity contribution in [3.63, 3.8) is 0 Å². The van der Waals surface area contributed by atoms with Crippen molar-refractivity contribution in [1.29, 1.82) is 0 Å². The molecule has 1 saturated heterocycles. The van der Waals surface area contributed by atoms with E-state index in [4.69, 9.17) is 21.4 Å². The van der Waals surface area contributed by atoms with Crippen molar-refractivity contribution in [3.05, 3.63) is 22.0 Å². The number of H-pyrrole nitrogens is 1. The van der Waals surface area contributed by atoms with E-state index in [1.807, 2.05) is 0 Å². The molecule has 88 valence electrons. The van der Waals surface area contributed by atoms with Gasteiger partial charge in [0.2, 0.25) is 0 Å². The van der Waals surface area contributed by atoms with Gasteiger partial charge in [0.25, 0.3) is 0 Å². The van der Waals surface area contributed by atoms with Gasteiger partial charge in [0.15, 0.2) is 5.69 Å². The lowest BCUT2D eigenvalue weighted by atomic mass is 10.1. The van der Waals surface area contributed by atoms with Gasteiger partial charge in [0, 0.05) is 0 Å². The summed E-state index contributed by atoms with van der Waals surface area (Å²) in [5.41, 5.74) is 0.391. The van der Waals surface area contributed by atoms with Crippen molar-refractivity contribution in [2.75, 3.05) is 6.61 Å². The Morgan fingerprint density at radius 2 is 2.56 bits per heavy atom. The van der Waals surface area contributed by atoms with Gasteiger partial charge >= 0.3 is 5.95 Å². The summed E-state index contributed by atoms with van der Waals surface area (Å²) in [6, 6.07) is 0. The highest BCUT2D eigenvalue weighted by molar-refractivity contribution is 6.21. The normalized spacial score (nSPS) is 29.5. The molecule has 2 N–H and O–H groups in total. The summed E-state index contributed by atoms with van der Waals surface area (Å²) in [7, 11) is 0. The molecule has 2 rings (SSSR count). The third kappa shape index (κ3) is 2.01. The number of aromatic amines is 1. The summed E-state index contributed by atoms with van der Waals surface area (Å²) < 4.78 is 5.41. The molecule has 0 bridgehead atoms. The van der Waals surface area contributed by atoms with Gasteiger partial charge in [-0.05, 0) is 11.3 Å². The minimum atomic E-state index is -0.620. The number of hydrogen-bond donors (Lipinski definition) is 2. The zero-order valence-corrected chi connectivity index (χ0v) is 8.92. The van der Waals surface area contributed by atoms with Gasteiger partial charge in [-0.3, -0.25) is 0 Å². The van der Waals surface area contributed by atoms with Crippen molar-refractivity contribution in [2.24, 2.45) is 0 Å². The molecule has 3 atom stereocenters. The minimum absolute atomic E-state index is 0.119. The molecule has 2 heterocycles. The average Bonchev–Trinajstić information content (AvgIpc) is 2.83. The number of rotatable bonds is 3. The number of hydrogen-bond acceptors (Lipinski definition) is 5. The number of nitro groups is 1. The van der Waals surface area contributed by atoms with Crippen LogP contribution in [0, 0.1) is 10.1 Å². The SMILES string of the molecule is O=[N+]([O-])c1nc([C@@H]2O[C@H](CO)C[C@@H]2Cl)c[nH]1. The van der Waals surface area contributed by atoms with E-state index in [2.05, 4.69) is 9.97 Å². The summed E-state index contributed by atoms with van der Waals surface area (Å²) >= 11 is 6.02. The van der Waals surface area contributed by atoms with Crippen LogP contribution in [0.15, 0.2) is 6.20 Å². The molecule has 1 aliphatic rings. The molecule has 0 aliphatic carbocycles. The predicted octanol–water partition coefficient (Wildman–Crippen LogP) is 0.748. The topological polar surface area (TPSA) is 101 Å². The highest BCUT2D eigenvalue weighted by atomic mass is 35.5. The van der Waals surface area contributed by atoms with Crippen molar-refractivity contribution in [3.8, 4) is 0 Å². The lowest BCUT2D eigenvalue weighted by Crippen LogP contribution is -2.11. The molecule has 1 aromatic heterocycles. The van der Waals surface area contributed by atoms with Gasteiger partial charge in [-0.15, -0.1) is 11.6 Å². The lowest BCUT2D eigenvalue weighted by Gasteiger charge is -2.08. The largest absolute Gasteiger partial charge is 0.432 e. The maximum absolute atomic E-state index is 10.4. The highest BCUT2D eigenvalue weighted by Gasteiger charge is 2.38. The summed E-state index contributed by atoms with van der Waals surface area (Å²) in [5, 5.41) is 19.0. The molecule has 0 aromatic carbocycles. The van der Waals surface area contributed by atoms with Crippen LogP contribution in [0.3, 0.4) is 0 Å². The predicted molar refractivity (Wildman–Crippen MR) is 54.2 cm³/mol. The number of imidazole rings is 1. The molecule has 0 unspecified atom stereocenters. The van der Waals surface area contributed by atoms with E-state index in [1.165, 1.54) is 6.20 Å². The van der Waals surface area contributed by atoms with E-state index in [0.29, 0.717) is 12.1 Å². The van der Waals surface area contributed by atoms with Crippen LogP contribution in [0.2, 0.25) is 0 Å². The Morgan fingerprint density at radius 3 is 3.06 bits per heavy atom. The first kappa shape index (κ1) is 11.3. The molecule has 8 heteroatoms. The minimum Gasteiger partial charge on any atom is -0.394 e. The molecule has 7 nitrogen and oxygen atoms in total. The van der Waals surface area contributed by atoms with Crippen LogP contribution in [-0.2, 0) is 4.74 Å². The van der Waals surface area contributed by atoms with E-state index in [-0.39, 0.29) is 24.0 Å². The van der Waals surface area contributed by atoms with Crippen LogP contribution in [0.5, 0.6) is 0 Å². The standard InChI is InChI=1S/C8H10ClN3O4/c9-5-1-4(3-13)16-7(5)6-2-10-8(11-6)12(14)15/h2,4-5,7,13H,1,3H2,(H,10,11)/t4-,5-,7+/m0/s1. The van der Waals surface area contributed by atoms with Crippen molar-refractivity contribution in [1.82, 2.24) is 9.97 Å². The Balaban J connectivity index is 2.15. The smallest absolute Gasteiger partial charge is 0.394 e. The van der Waals surface area contributed by atoms with Gasteiger partial charge in [-0.25, -0.2) is 4.98 Å². The van der Waals surface area contributed by atoms with Gasteiger partial charge in [-0.1, -0.05) is 4.98 Å². The monoisotopic (exact) mass is 247 g/mol. The molecule has 0 amide bonds. The zero-order chi connectivity index (χ0) is 11.7. The van der Waals surface area contributed by atoms with Crippen LogP contribution in [0.4, 0.5) is 5.95 Å². The van der Waals surface area contributed by atoms with Gasteiger partial charge in [0.05, 0.1) is 18.1 Å². The molecule has 0 spiro atoms. The summed E-state index contributed by atoms with van der Waals surface area (Å²) in [5.74, 6) is -0.338. The third-order valence-electron chi connectivity index (χ3n) is 2.41. The van der Waals surface area contributed by atoms with E-state index in [0.717, 1.165) is 0 Å². The van der Waals surface area contributed by atoms with E-state index < -0.39 is 11.0 Å². The number of nitrogens with zero attached hydrogens (tertiary/aromatic N) is 2. The van der Waals surface area contributed by atoms with Crippen LogP contribution < -0.4 is 0 Å². The Labute approximate surface area is 95.5 Å². The first-order chi connectivity index (χ1) is 7.61. The van der Waals surface area contributed by atoms with Crippen molar-refractivity contribution in [2.45, 2.75) is 24.0 Å². The molecule has 1 fully saturated rings. The number of nitrogens with one attached hydrogen (secondary N) is 1. The summed E-state index contributed by atoms with van der Waals surface area (Å²) in [6.45, 7) is -0.119. The number of alkyl halides is 1. The molecule has 0 saturated carbocycles. The molecular weight excluding hydrogens is 238 g/mol. The average molecular weight is 248 g/mol. The second-order valence-electron chi connectivity index (χ2n) is 3.52. The van der Waals surface area contributed by atoms with Crippen molar-refractivity contribution >= 4 is 17.5 Å². The maximum Gasteiger partial charge on any atom is 0.432 e. The lowest BCUT2D eigenvalue weighted by molar-refractivity contribution is -0.393. The van der Waals surface area contributed by atoms with E-state index in [9.17, 15) is 10.1 Å². The molecule has 0 radical (unpaired) electrons. The first-order valence-corrected chi connectivity index (χ1v) is 5.15. The summed E-state index contributed by atoms with van der Waals surface area (Å²) in [4.78, 5) is 16.0. The second kappa shape index (κ2) is 4.36. The van der Waals surface area contributed by atoms with Gasteiger partial charge in [-0.2, -0.15) is 0 Å². The van der Waals surface area contributed by atoms with Crippen LogP contribution in [0.1, 0.15) is 18.2 Å². The molecule has 1 aromatic rings. The quantitative estimate of drug-likeness (QED) is 0.466. The molecule has 16 heavy (non-hydrogen) atoms. The summed E-state index contributed by atoms with van der Waals surface area (Å²) in [6.07, 6.45) is 1.06. The van der Waals surface area contributed by atoms with E-state index >= 15 is 0 Å². The number of aromatic nitrogens is 2. The number of ether oxygens (including phenoxy) is 1. The van der Waals surface area contributed by atoms with E-state index in [1.54, 1.807) is 0 Å². The number of halogens is 1. The van der Waals surface area contributed by atoms with Crippen LogP contribution in [0.25, 0.3) is 0 Å². The second-order valence-corrected chi connectivity index (χ2v) is 4.08. The fraction of sp³-hybridized carbons (Fsp3) is 0.625. The Kier molecular flexibility index (Phi) is 3.08. The van der Waals surface area contributed by atoms with Gasteiger partial charge < -0.3 is 20.0 Å². The van der Waals surface area contributed by atoms with Crippen LogP contribution in [-0.4, -0.2) is 38.1 Å². The maximum atomic E-state index is 10.4.